The Balaban J connectivity index is 2.01. The number of aryl methyl sites for hydroxylation is 1. The van der Waals surface area contributed by atoms with Crippen LogP contribution in [-0.4, -0.2) is 28.5 Å². The van der Waals surface area contributed by atoms with Crippen LogP contribution < -0.4 is 11.1 Å². The van der Waals surface area contributed by atoms with Gasteiger partial charge in [0.15, 0.2) is 0 Å². The summed E-state index contributed by atoms with van der Waals surface area (Å²) in [6, 6.07) is 0. The van der Waals surface area contributed by atoms with Crippen molar-refractivity contribution >= 4 is 5.91 Å². The fourth-order valence-corrected chi connectivity index (χ4v) is 1.79. The number of aromatic nitrogens is 2. The van der Waals surface area contributed by atoms with Crippen LogP contribution in [0.1, 0.15) is 32.6 Å². The molecule has 5 nitrogen and oxygen atoms in total. The normalized spacial score (nSPS) is 12.3. The fourth-order valence-electron chi connectivity index (χ4n) is 1.79. The summed E-state index contributed by atoms with van der Waals surface area (Å²) >= 11 is 0. The topological polar surface area (TPSA) is 72.9 Å². The number of imidazole rings is 1. The van der Waals surface area contributed by atoms with Crippen molar-refractivity contribution in [2.75, 3.05) is 13.1 Å². The summed E-state index contributed by atoms with van der Waals surface area (Å²) in [6.07, 6.45) is 9.09. The van der Waals surface area contributed by atoms with Crippen molar-refractivity contribution < 1.29 is 4.79 Å². The van der Waals surface area contributed by atoms with Gasteiger partial charge in [0.05, 0.1) is 6.33 Å². The number of unbranched alkanes of at least 4 members (excludes halogenated alkanes) is 1. The van der Waals surface area contributed by atoms with E-state index in [9.17, 15) is 4.79 Å². The maximum absolute atomic E-state index is 11.6. The van der Waals surface area contributed by atoms with Crippen molar-refractivity contribution in [2.45, 2.75) is 39.2 Å². The van der Waals surface area contributed by atoms with Crippen LogP contribution >= 0.6 is 0 Å². The SMILES string of the molecule is CCC(CN)CC(=O)NCCCCn1ccnc1. The lowest BCUT2D eigenvalue weighted by Gasteiger charge is -2.11. The third kappa shape index (κ3) is 5.82. The molecule has 0 saturated heterocycles. The number of amides is 1. The molecule has 1 aromatic rings. The van der Waals surface area contributed by atoms with Crippen LogP contribution in [0.2, 0.25) is 0 Å². The third-order valence-corrected chi connectivity index (χ3v) is 3.11. The number of hydrogen-bond acceptors (Lipinski definition) is 3. The summed E-state index contributed by atoms with van der Waals surface area (Å²) in [6.45, 7) is 4.35. The molecule has 102 valence electrons. The quantitative estimate of drug-likeness (QED) is 0.648. The number of nitrogens with one attached hydrogen (secondary N) is 1. The molecule has 0 radical (unpaired) electrons. The lowest BCUT2D eigenvalue weighted by atomic mass is 10.0. The summed E-state index contributed by atoms with van der Waals surface area (Å²) < 4.78 is 2.04. The average Bonchev–Trinajstić information content (AvgIpc) is 2.88. The Morgan fingerprint density at radius 2 is 2.33 bits per heavy atom. The van der Waals surface area contributed by atoms with Crippen molar-refractivity contribution in [1.82, 2.24) is 14.9 Å². The van der Waals surface area contributed by atoms with Gasteiger partial charge < -0.3 is 15.6 Å². The highest BCUT2D eigenvalue weighted by atomic mass is 16.1. The minimum absolute atomic E-state index is 0.120. The molecule has 0 bridgehead atoms. The molecule has 0 aromatic carbocycles. The smallest absolute Gasteiger partial charge is 0.220 e. The molecule has 0 fully saturated rings. The lowest BCUT2D eigenvalue weighted by molar-refractivity contribution is -0.122. The van der Waals surface area contributed by atoms with Gasteiger partial charge in [0.25, 0.3) is 0 Å². The first-order chi connectivity index (χ1) is 8.76. The van der Waals surface area contributed by atoms with Gasteiger partial charge in [0.2, 0.25) is 5.91 Å². The number of nitrogens with two attached hydrogens (primary N) is 1. The molecule has 1 rings (SSSR count). The molecule has 0 aliphatic heterocycles. The van der Waals surface area contributed by atoms with E-state index in [2.05, 4.69) is 17.2 Å². The van der Waals surface area contributed by atoms with Crippen molar-refractivity contribution in [3.8, 4) is 0 Å². The van der Waals surface area contributed by atoms with Gasteiger partial charge >= 0.3 is 0 Å². The van der Waals surface area contributed by atoms with Crippen molar-refractivity contribution in [1.29, 1.82) is 0 Å². The third-order valence-electron chi connectivity index (χ3n) is 3.11. The zero-order valence-corrected chi connectivity index (χ0v) is 11.1. The number of carbonyl (C=O) groups is 1. The lowest BCUT2D eigenvalue weighted by Crippen LogP contribution is -2.28. The molecule has 0 aliphatic carbocycles. The van der Waals surface area contributed by atoms with Crippen LogP contribution in [-0.2, 0) is 11.3 Å². The fraction of sp³-hybridized carbons (Fsp3) is 0.692. The standard InChI is InChI=1S/C13H24N4O/c1-2-12(10-14)9-13(18)16-5-3-4-7-17-8-6-15-11-17/h6,8,11-12H,2-5,7,9-10,14H2,1H3,(H,16,18). The molecule has 1 amide bonds. The van der Waals surface area contributed by atoms with Gasteiger partial charge in [-0.2, -0.15) is 0 Å². The van der Waals surface area contributed by atoms with E-state index in [1.54, 1.807) is 6.20 Å². The Labute approximate surface area is 109 Å². The van der Waals surface area contributed by atoms with Crippen molar-refractivity contribution in [2.24, 2.45) is 11.7 Å². The maximum Gasteiger partial charge on any atom is 0.220 e. The highest BCUT2D eigenvalue weighted by Gasteiger charge is 2.09. The van der Waals surface area contributed by atoms with Gasteiger partial charge in [-0.25, -0.2) is 4.98 Å². The van der Waals surface area contributed by atoms with Crippen LogP contribution in [0, 0.1) is 5.92 Å². The minimum Gasteiger partial charge on any atom is -0.356 e. The molecular weight excluding hydrogens is 228 g/mol. The summed E-state index contributed by atoms with van der Waals surface area (Å²) in [5, 5.41) is 2.94. The van der Waals surface area contributed by atoms with Gasteiger partial charge in [0.1, 0.15) is 0 Å². The Morgan fingerprint density at radius 1 is 1.50 bits per heavy atom. The molecular formula is C13H24N4O. The molecule has 1 aromatic heterocycles. The molecule has 0 aliphatic rings. The number of rotatable bonds is 9. The molecule has 0 spiro atoms. The Hall–Kier alpha value is -1.36. The highest BCUT2D eigenvalue weighted by molar-refractivity contribution is 5.76. The first kappa shape index (κ1) is 14.7. The number of carbonyl (C=O) groups excluding carboxylic acids is 1. The monoisotopic (exact) mass is 252 g/mol. The number of hydrogen-bond donors (Lipinski definition) is 2. The first-order valence-electron chi connectivity index (χ1n) is 6.68. The zero-order valence-electron chi connectivity index (χ0n) is 11.1. The van der Waals surface area contributed by atoms with E-state index in [-0.39, 0.29) is 5.91 Å². The Kier molecular flexibility index (Phi) is 7.10. The van der Waals surface area contributed by atoms with Gasteiger partial charge in [-0.1, -0.05) is 13.3 Å². The summed E-state index contributed by atoms with van der Waals surface area (Å²) in [7, 11) is 0. The van der Waals surface area contributed by atoms with E-state index < -0.39 is 0 Å². The molecule has 1 heterocycles. The highest BCUT2D eigenvalue weighted by Crippen LogP contribution is 2.05. The van der Waals surface area contributed by atoms with Gasteiger partial charge in [-0.3, -0.25) is 4.79 Å². The van der Waals surface area contributed by atoms with Crippen LogP contribution in [0.4, 0.5) is 0 Å². The Bertz CT molecular complexity index is 320. The maximum atomic E-state index is 11.6. The van der Waals surface area contributed by atoms with Crippen LogP contribution in [0.15, 0.2) is 18.7 Å². The largest absolute Gasteiger partial charge is 0.356 e. The summed E-state index contributed by atoms with van der Waals surface area (Å²) in [4.78, 5) is 15.6. The predicted molar refractivity (Wildman–Crippen MR) is 71.9 cm³/mol. The molecule has 5 heteroatoms. The minimum atomic E-state index is 0.120. The van der Waals surface area contributed by atoms with Crippen LogP contribution in [0.25, 0.3) is 0 Å². The summed E-state index contributed by atoms with van der Waals surface area (Å²) in [5.41, 5.74) is 5.57. The van der Waals surface area contributed by atoms with Gasteiger partial charge in [-0.05, 0) is 25.3 Å². The molecule has 1 unspecified atom stereocenters. The van der Waals surface area contributed by atoms with Crippen molar-refractivity contribution in [3.05, 3.63) is 18.7 Å². The summed E-state index contributed by atoms with van der Waals surface area (Å²) in [5.74, 6) is 0.436. The van der Waals surface area contributed by atoms with Crippen LogP contribution in [0.3, 0.4) is 0 Å². The van der Waals surface area contributed by atoms with E-state index in [1.807, 2.05) is 17.1 Å². The van der Waals surface area contributed by atoms with Crippen molar-refractivity contribution in [3.63, 3.8) is 0 Å². The van der Waals surface area contributed by atoms with E-state index in [4.69, 9.17) is 5.73 Å². The second kappa shape index (κ2) is 8.69. The second-order valence-corrected chi connectivity index (χ2v) is 4.57. The van der Waals surface area contributed by atoms with Crippen LogP contribution in [0.5, 0.6) is 0 Å². The number of nitrogens with zero attached hydrogens (tertiary/aromatic N) is 2. The predicted octanol–water partition coefficient (Wildman–Crippen LogP) is 1.15. The molecule has 1 atom stereocenters. The average molecular weight is 252 g/mol. The van der Waals surface area contributed by atoms with Gasteiger partial charge in [0, 0.05) is 31.9 Å². The van der Waals surface area contributed by atoms with E-state index >= 15 is 0 Å². The molecule has 18 heavy (non-hydrogen) atoms. The van der Waals surface area contributed by atoms with E-state index in [0.29, 0.717) is 18.9 Å². The zero-order chi connectivity index (χ0) is 13.2. The van der Waals surface area contributed by atoms with E-state index in [1.165, 1.54) is 0 Å². The first-order valence-corrected chi connectivity index (χ1v) is 6.68. The van der Waals surface area contributed by atoms with Gasteiger partial charge in [-0.15, -0.1) is 0 Å². The molecule has 3 N–H and O–H groups in total. The Morgan fingerprint density at radius 3 is 2.94 bits per heavy atom. The van der Waals surface area contributed by atoms with E-state index in [0.717, 1.165) is 32.4 Å². The second-order valence-electron chi connectivity index (χ2n) is 4.57. The molecule has 0 saturated carbocycles.